The molecule has 4 saturated carbocycles. The van der Waals surface area contributed by atoms with Crippen molar-refractivity contribution in [3.05, 3.63) is 35.4 Å². The number of hydrogen-bond acceptors (Lipinski definition) is 1. The van der Waals surface area contributed by atoms with Gasteiger partial charge in [0.15, 0.2) is 0 Å². The Kier molecular flexibility index (Phi) is 2.96. The van der Waals surface area contributed by atoms with E-state index in [2.05, 4.69) is 31.2 Å². The summed E-state index contributed by atoms with van der Waals surface area (Å²) < 4.78 is 0. The molecule has 1 aromatic carbocycles. The molecule has 0 aliphatic heterocycles. The summed E-state index contributed by atoms with van der Waals surface area (Å²) in [6, 6.07) is 9.13. The Balaban J connectivity index is 1.79. The summed E-state index contributed by atoms with van der Waals surface area (Å²) in [6.45, 7) is 3.17. The van der Waals surface area contributed by atoms with Crippen molar-refractivity contribution in [3.63, 3.8) is 0 Å². The van der Waals surface area contributed by atoms with E-state index in [9.17, 15) is 0 Å². The Bertz CT molecular complexity index is 492. The van der Waals surface area contributed by atoms with Crippen molar-refractivity contribution in [1.29, 1.82) is 0 Å². The van der Waals surface area contributed by atoms with Gasteiger partial charge in [0.05, 0.1) is 0 Å². The summed E-state index contributed by atoms with van der Waals surface area (Å²) in [4.78, 5) is 0. The molecule has 0 heterocycles. The molecule has 3 atom stereocenters. The summed E-state index contributed by atoms with van der Waals surface area (Å²) in [5.74, 6) is 3.76. The van der Waals surface area contributed by atoms with Crippen LogP contribution in [0.15, 0.2) is 24.3 Å². The van der Waals surface area contributed by atoms with Crippen LogP contribution in [0.2, 0.25) is 0 Å². The lowest BCUT2D eigenvalue weighted by Crippen LogP contribution is -2.52. The molecule has 4 aliphatic carbocycles. The second kappa shape index (κ2) is 4.59. The van der Waals surface area contributed by atoms with Gasteiger partial charge in [-0.3, -0.25) is 0 Å². The van der Waals surface area contributed by atoms with Crippen LogP contribution in [0.1, 0.15) is 55.6 Å². The van der Waals surface area contributed by atoms with Gasteiger partial charge >= 0.3 is 0 Å². The first-order valence-corrected chi connectivity index (χ1v) is 8.47. The molecule has 0 amide bonds. The number of rotatable bonds is 3. The first-order chi connectivity index (χ1) is 9.72. The van der Waals surface area contributed by atoms with Crippen LogP contribution >= 0.6 is 0 Å². The van der Waals surface area contributed by atoms with E-state index in [1.165, 1.54) is 44.1 Å². The van der Waals surface area contributed by atoms with Crippen LogP contribution in [0.3, 0.4) is 0 Å². The molecular formula is C19H27N. The van der Waals surface area contributed by atoms with Crippen molar-refractivity contribution in [2.24, 2.45) is 28.9 Å². The van der Waals surface area contributed by atoms with E-state index in [1.807, 2.05) is 0 Å². The monoisotopic (exact) mass is 269 g/mol. The van der Waals surface area contributed by atoms with Crippen LogP contribution < -0.4 is 5.73 Å². The minimum Gasteiger partial charge on any atom is -0.330 e. The van der Waals surface area contributed by atoms with Crippen molar-refractivity contribution >= 4 is 0 Å². The summed E-state index contributed by atoms with van der Waals surface area (Å²) in [7, 11) is 0. The maximum atomic E-state index is 6.03. The zero-order valence-electron chi connectivity index (χ0n) is 12.6. The molecule has 4 fully saturated rings. The van der Waals surface area contributed by atoms with E-state index in [0.717, 1.165) is 30.2 Å². The Hall–Kier alpha value is -0.820. The maximum absolute atomic E-state index is 6.03. The lowest BCUT2D eigenvalue weighted by Gasteiger charge is -2.62. The first-order valence-electron chi connectivity index (χ1n) is 8.47. The Morgan fingerprint density at radius 2 is 1.80 bits per heavy atom. The van der Waals surface area contributed by atoms with E-state index < -0.39 is 0 Å². The molecule has 3 unspecified atom stereocenters. The molecule has 1 heteroatoms. The SMILES string of the molecule is Cc1ccccc1C1C2CC3CC(C2)CC1(CCN)C3. The van der Waals surface area contributed by atoms with E-state index in [0.29, 0.717) is 5.41 Å². The molecule has 1 aromatic rings. The van der Waals surface area contributed by atoms with Gasteiger partial charge < -0.3 is 5.73 Å². The molecule has 0 radical (unpaired) electrons. The summed E-state index contributed by atoms with van der Waals surface area (Å²) in [6.07, 6.45) is 8.65. The highest BCUT2D eigenvalue weighted by atomic mass is 14.6. The third-order valence-electron chi connectivity index (χ3n) is 6.63. The van der Waals surface area contributed by atoms with Crippen molar-refractivity contribution < 1.29 is 0 Å². The Morgan fingerprint density at radius 3 is 2.45 bits per heavy atom. The van der Waals surface area contributed by atoms with E-state index in [1.54, 1.807) is 5.56 Å². The summed E-state index contributed by atoms with van der Waals surface area (Å²) in [5.41, 5.74) is 9.71. The molecule has 0 spiro atoms. The third kappa shape index (κ3) is 1.79. The van der Waals surface area contributed by atoms with Gasteiger partial charge in [-0.15, -0.1) is 0 Å². The molecular weight excluding hydrogens is 242 g/mol. The predicted octanol–water partition coefficient (Wildman–Crippen LogP) is 4.25. The zero-order valence-corrected chi connectivity index (χ0v) is 12.6. The third-order valence-corrected chi connectivity index (χ3v) is 6.63. The van der Waals surface area contributed by atoms with Gasteiger partial charge in [0, 0.05) is 0 Å². The van der Waals surface area contributed by atoms with Crippen LogP contribution in [0.4, 0.5) is 0 Å². The largest absolute Gasteiger partial charge is 0.330 e. The quantitative estimate of drug-likeness (QED) is 0.872. The second-order valence-corrected chi connectivity index (χ2v) is 7.84. The van der Waals surface area contributed by atoms with Gasteiger partial charge in [0.1, 0.15) is 0 Å². The predicted molar refractivity (Wildman–Crippen MR) is 83.6 cm³/mol. The Morgan fingerprint density at radius 1 is 1.10 bits per heavy atom. The topological polar surface area (TPSA) is 26.0 Å². The highest BCUT2D eigenvalue weighted by molar-refractivity contribution is 5.33. The van der Waals surface area contributed by atoms with Gasteiger partial charge in [-0.1, -0.05) is 24.3 Å². The minimum absolute atomic E-state index is 0.537. The van der Waals surface area contributed by atoms with Gasteiger partial charge in [-0.05, 0) is 92.2 Å². The van der Waals surface area contributed by atoms with Crippen LogP contribution in [0.25, 0.3) is 0 Å². The molecule has 0 aromatic heterocycles. The fourth-order valence-electron chi connectivity index (χ4n) is 6.38. The van der Waals surface area contributed by atoms with Crippen LogP contribution in [-0.2, 0) is 0 Å². The maximum Gasteiger partial charge on any atom is -0.00718 e. The van der Waals surface area contributed by atoms with E-state index >= 15 is 0 Å². The van der Waals surface area contributed by atoms with E-state index in [4.69, 9.17) is 5.73 Å². The smallest absolute Gasteiger partial charge is 0.00718 e. The highest BCUT2D eigenvalue weighted by Crippen LogP contribution is 2.67. The average molecular weight is 269 g/mol. The normalized spacial score (nSPS) is 42.1. The van der Waals surface area contributed by atoms with Crippen molar-refractivity contribution in [3.8, 4) is 0 Å². The fraction of sp³-hybridized carbons (Fsp3) is 0.684. The lowest BCUT2D eigenvalue weighted by atomic mass is 9.43. The van der Waals surface area contributed by atoms with Crippen molar-refractivity contribution in [2.75, 3.05) is 6.54 Å². The van der Waals surface area contributed by atoms with Crippen molar-refractivity contribution in [1.82, 2.24) is 0 Å². The number of aryl methyl sites for hydroxylation is 1. The number of hydrogen-bond donors (Lipinski definition) is 1. The van der Waals surface area contributed by atoms with Crippen molar-refractivity contribution in [2.45, 2.75) is 51.4 Å². The molecule has 4 bridgehead atoms. The molecule has 1 nitrogen and oxygen atoms in total. The zero-order chi connectivity index (χ0) is 13.7. The molecule has 4 aliphatic rings. The van der Waals surface area contributed by atoms with Gasteiger partial charge in [-0.2, -0.15) is 0 Å². The lowest BCUT2D eigenvalue weighted by molar-refractivity contribution is -0.0788. The molecule has 20 heavy (non-hydrogen) atoms. The van der Waals surface area contributed by atoms with Crippen LogP contribution in [0, 0.1) is 30.1 Å². The first kappa shape index (κ1) is 12.9. The average Bonchev–Trinajstić information content (AvgIpc) is 2.39. The summed E-state index contributed by atoms with van der Waals surface area (Å²) >= 11 is 0. The minimum atomic E-state index is 0.537. The molecule has 0 saturated heterocycles. The summed E-state index contributed by atoms with van der Waals surface area (Å²) in [5, 5.41) is 0. The second-order valence-electron chi connectivity index (χ2n) is 7.84. The highest BCUT2D eigenvalue weighted by Gasteiger charge is 2.56. The van der Waals surface area contributed by atoms with Gasteiger partial charge in [0.25, 0.3) is 0 Å². The van der Waals surface area contributed by atoms with Gasteiger partial charge in [0.2, 0.25) is 0 Å². The number of nitrogens with two attached hydrogens (primary N) is 1. The molecule has 5 rings (SSSR count). The van der Waals surface area contributed by atoms with Gasteiger partial charge in [-0.25, -0.2) is 0 Å². The molecule has 2 N–H and O–H groups in total. The van der Waals surface area contributed by atoms with Crippen LogP contribution in [-0.4, -0.2) is 6.54 Å². The standard InChI is InChI=1S/C19H27N/c1-13-4-2-3-5-17(13)18-16-9-14-8-15(10-16)12-19(18,11-14)6-7-20/h2-5,14-16,18H,6-12,20H2,1H3. The van der Waals surface area contributed by atoms with E-state index in [-0.39, 0.29) is 0 Å². The molecule has 108 valence electrons. The number of benzene rings is 1. The van der Waals surface area contributed by atoms with Crippen LogP contribution in [0.5, 0.6) is 0 Å². The Labute approximate surface area is 122 Å². The fourth-order valence-corrected chi connectivity index (χ4v) is 6.38.